The monoisotopic (exact) mass is 227 g/mol. The summed E-state index contributed by atoms with van der Waals surface area (Å²) in [4.78, 5) is 17.3. The molecule has 5 atom stereocenters. The fraction of sp³-hybridized carbons (Fsp3) is 1.00. The second kappa shape index (κ2) is 3.86. The average molecular weight is 227 g/mol. The molecule has 14 heavy (non-hydrogen) atoms. The van der Waals surface area contributed by atoms with Gasteiger partial charge in [-0.25, -0.2) is 0 Å². The zero-order valence-electron chi connectivity index (χ0n) is 7.26. The first kappa shape index (κ1) is 12.1. The van der Waals surface area contributed by atoms with Crippen LogP contribution in [0.5, 0.6) is 0 Å². The molecule has 0 aromatic heterocycles. The smallest absolute Gasteiger partial charge is 0.354 e. The molecule has 1 fully saturated rings. The molecule has 1 aliphatic carbocycles. The fourth-order valence-electron chi connectivity index (χ4n) is 1.65. The first-order valence-corrected chi connectivity index (χ1v) is 5.78. The Balaban J connectivity index is 2.76. The third kappa shape index (κ3) is 2.14. The number of nitrogens with two attached hydrogens (primary N) is 1. The number of hydrogen-bond donors (Lipinski definition) is 6. The molecule has 7 N–H and O–H groups in total. The highest BCUT2D eigenvalue weighted by Gasteiger charge is 2.48. The largest absolute Gasteiger partial charge is 0.390 e. The Bertz CT molecular complexity index is 255. The van der Waals surface area contributed by atoms with Crippen LogP contribution in [0.25, 0.3) is 0 Å². The Morgan fingerprint density at radius 3 is 2.07 bits per heavy atom. The zero-order chi connectivity index (χ0) is 11.1. The molecule has 0 saturated heterocycles. The van der Waals surface area contributed by atoms with Crippen molar-refractivity contribution in [2.45, 2.75) is 30.5 Å². The summed E-state index contributed by atoms with van der Waals surface area (Å²) in [5.41, 5.74) is 5.37. The Hall–Kier alpha value is -0.0100. The fourth-order valence-corrected chi connectivity index (χ4v) is 2.44. The van der Waals surface area contributed by atoms with E-state index >= 15 is 0 Å². The van der Waals surface area contributed by atoms with Gasteiger partial charge in [0.25, 0.3) is 0 Å². The van der Waals surface area contributed by atoms with Gasteiger partial charge in [0.1, 0.15) is 0 Å². The molecule has 0 aliphatic heterocycles. The van der Waals surface area contributed by atoms with Crippen LogP contribution in [0.2, 0.25) is 0 Å². The van der Waals surface area contributed by atoms with Gasteiger partial charge >= 0.3 is 7.60 Å². The van der Waals surface area contributed by atoms with Crippen molar-refractivity contribution in [2.24, 2.45) is 11.7 Å². The quantitative estimate of drug-likeness (QED) is 0.287. The van der Waals surface area contributed by atoms with E-state index in [1.165, 1.54) is 0 Å². The van der Waals surface area contributed by atoms with Gasteiger partial charge in [-0.15, -0.1) is 0 Å². The lowest BCUT2D eigenvalue weighted by molar-refractivity contribution is -0.00875. The van der Waals surface area contributed by atoms with Crippen molar-refractivity contribution in [1.29, 1.82) is 0 Å². The summed E-state index contributed by atoms with van der Waals surface area (Å²) in [6.07, 6.45) is -2.66. The molecule has 1 saturated carbocycles. The molecule has 1 rings (SSSR count). The highest BCUT2D eigenvalue weighted by molar-refractivity contribution is 7.52. The van der Waals surface area contributed by atoms with Gasteiger partial charge < -0.3 is 30.8 Å². The minimum atomic E-state index is -4.67. The average Bonchev–Trinajstić information content (AvgIpc) is 2.30. The van der Waals surface area contributed by atoms with E-state index in [4.69, 9.17) is 15.5 Å². The molecular weight excluding hydrogens is 213 g/mol. The molecule has 0 radical (unpaired) electrons. The first-order valence-electron chi connectivity index (χ1n) is 4.10. The van der Waals surface area contributed by atoms with Gasteiger partial charge in [0, 0.05) is 12.0 Å². The maximum atomic E-state index is 10.7. The van der Waals surface area contributed by atoms with Crippen LogP contribution >= 0.6 is 7.60 Å². The standard InChI is InChI=1S/C6H14NO6P/c7-3-1-2(4(8)5(3)9)6(10)14(11,12)13/h2-6,8-10H,1,7H2,(H2,11,12,13)/t2-,3-,4-,5+,6?/m1/s1. The summed E-state index contributed by atoms with van der Waals surface area (Å²) in [5, 5.41) is 27.7. The molecule has 0 spiro atoms. The molecule has 1 aliphatic rings. The maximum Gasteiger partial charge on any atom is 0.354 e. The van der Waals surface area contributed by atoms with E-state index in [0.29, 0.717) is 0 Å². The van der Waals surface area contributed by atoms with E-state index < -0.39 is 37.6 Å². The van der Waals surface area contributed by atoms with Gasteiger partial charge in [0.15, 0.2) is 5.85 Å². The minimum absolute atomic E-state index is 0.0192. The lowest BCUT2D eigenvalue weighted by atomic mass is 10.1. The van der Waals surface area contributed by atoms with E-state index in [9.17, 15) is 19.9 Å². The molecule has 84 valence electrons. The predicted molar refractivity (Wildman–Crippen MR) is 46.1 cm³/mol. The van der Waals surface area contributed by atoms with E-state index in [1.807, 2.05) is 0 Å². The van der Waals surface area contributed by atoms with Gasteiger partial charge in [0.05, 0.1) is 12.2 Å². The normalized spacial score (nSPS) is 41.3. The van der Waals surface area contributed by atoms with Crippen LogP contribution in [0.1, 0.15) is 6.42 Å². The van der Waals surface area contributed by atoms with Gasteiger partial charge in [-0.2, -0.15) is 0 Å². The molecule has 0 aromatic carbocycles. The van der Waals surface area contributed by atoms with Gasteiger partial charge in [0.2, 0.25) is 0 Å². The van der Waals surface area contributed by atoms with Crippen LogP contribution < -0.4 is 5.73 Å². The Kier molecular flexibility index (Phi) is 3.33. The van der Waals surface area contributed by atoms with Crippen molar-refractivity contribution in [1.82, 2.24) is 0 Å². The van der Waals surface area contributed by atoms with E-state index in [2.05, 4.69) is 0 Å². The van der Waals surface area contributed by atoms with Crippen LogP contribution in [0.3, 0.4) is 0 Å². The van der Waals surface area contributed by atoms with Crippen LogP contribution in [0, 0.1) is 5.92 Å². The topological polar surface area (TPSA) is 144 Å². The summed E-state index contributed by atoms with van der Waals surface area (Å²) >= 11 is 0. The molecule has 0 bridgehead atoms. The lowest BCUT2D eigenvalue weighted by Crippen LogP contribution is -2.37. The third-order valence-electron chi connectivity index (χ3n) is 2.50. The summed E-state index contributed by atoms with van der Waals surface area (Å²) in [7, 11) is -4.67. The number of aliphatic hydroxyl groups is 3. The summed E-state index contributed by atoms with van der Waals surface area (Å²) in [5.74, 6) is -3.05. The second-order valence-corrected chi connectivity index (χ2v) is 5.25. The molecule has 0 aromatic rings. The Morgan fingerprint density at radius 2 is 1.79 bits per heavy atom. The number of rotatable bonds is 2. The third-order valence-corrected chi connectivity index (χ3v) is 3.57. The first-order chi connectivity index (χ1) is 6.25. The van der Waals surface area contributed by atoms with Crippen LogP contribution in [0.15, 0.2) is 0 Å². The minimum Gasteiger partial charge on any atom is -0.390 e. The van der Waals surface area contributed by atoms with Crippen molar-refractivity contribution < 1.29 is 29.7 Å². The highest BCUT2D eigenvalue weighted by Crippen LogP contribution is 2.47. The Morgan fingerprint density at radius 1 is 1.29 bits per heavy atom. The summed E-state index contributed by atoms with van der Waals surface area (Å²) in [6, 6.07) is -0.767. The molecule has 0 heterocycles. The van der Waals surface area contributed by atoms with Gasteiger partial charge in [-0.1, -0.05) is 0 Å². The molecule has 8 heteroatoms. The maximum absolute atomic E-state index is 10.7. The number of hydrogen-bond acceptors (Lipinski definition) is 5. The van der Waals surface area contributed by atoms with Crippen LogP contribution in [-0.2, 0) is 4.57 Å². The van der Waals surface area contributed by atoms with Gasteiger partial charge in [-0.3, -0.25) is 4.57 Å². The zero-order valence-corrected chi connectivity index (χ0v) is 8.16. The molecule has 7 nitrogen and oxygen atoms in total. The van der Waals surface area contributed by atoms with Crippen LogP contribution in [0.4, 0.5) is 0 Å². The summed E-state index contributed by atoms with van der Waals surface area (Å²) < 4.78 is 10.7. The molecule has 1 unspecified atom stereocenters. The van der Waals surface area contributed by atoms with Crippen molar-refractivity contribution in [3.05, 3.63) is 0 Å². The lowest BCUT2D eigenvalue weighted by Gasteiger charge is -2.22. The van der Waals surface area contributed by atoms with E-state index in [0.717, 1.165) is 0 Å². The van der Waals surface area contributed by atoms with Gasteiger partial charge in [-0.05, 0) is 6.42 Å². The molecular formula is C6H14NO6P. The predicted octanol–water partition coefficient (Wildman–Crippen LogP) is -2.45. The van der Waals surface area contributed by atoms with Crippen molar-refractivity contribution in [3.63, 3.8) is 0 Å². The SMILES string of the molecule is N[C@@H]1C[C@@H](C(O)P(=O)(O)O)[C@@H](O)[C@H]1O. The van der Waals surface area contributed by atoms with E-state index in [1.54, 1.807) is 0 Å². The van der Waals surface area contributed by atoms with Crippen LogP contribution in [-0.4, -0.2) is 49.2 Å². The van der Waals surface area contributed by atoms with Crippen molar-refractivity contribution in [3.8, 4) is 0 Å². The number of aliphatic hydroxyl groups excluding tert-OH is 3. The highest BCUT2D eigenvalue weighted by atomic mass is 31.2. The van der Waals surface area contributed by atoms with E-state index in [-0.39, 0.29) is 6.42 Å². The molecule has 0 amide bonds. The summed E-state index contributed by atoms with van der Waals surface area (Å²) in [6.45, 7) is 0. The van der Waals surface area contributed by atoms with Crippen molar-refractivity contribution >= 4 is 7.60 Å². The van der Waals surface area contributed by atoms with Crippen molar-refractivity contribution in [2.75, 3.05) is 0 Å². The second-order valence-electron chi connectivity index (χ2n) is 3.55. The Labute approximate surface area is 80.3 Å².